The lowest BCUT2D eigenvalue weighted by molar-refractivity contribution is -0.216. The highest BCUT2D eigenvalue weighted by Gasteiger charge is 2.54. The lowest BCUT2D eigenvalue weighted by Gasteiger charge is -2.43. The van der Waals surface area contributed by atoms with Crippen molar-refractivity contribution in [1.82, 2.24) is 0 Å². The number of terminal acetylenes is 1. The fraction of sp³-hybridized carbons (Fsp3) is 0.600. The van der Waals surface area contributed by atoms with Crippen LogP contribution in [-0.4, -0.2) is 103 Å². The molecule has 0 saturated heterocycles. The number of hydrogen-bond acceptors (Lipinski definition) is 13. The summed E-state index contributed by atoms with van der Waals surface area (Å²) < 4.78 is 48.4. The highest BCUT2D eigenvalue weighted by atomic mass is 32.1. The van der Waals surface area contributed by atoms with Gasteiger partial charge in [0.25, 0.3) is 0 Å². The minimum Gasteiger partial charge on any atom is -0.456 e. The number of phosphoric ester groups is 2. The second-order valence-electron chi connectivity index (χ2n) is 12.7. The lowest BCUT2D eigenvalue weighted by Crippen LogP contribution is -2.64. The van der Waals surface area contributed by atoms with Crippen LogP contribution in [0.25, 0.3) is 0 Å². The zero-order valence-corrected chi connectivity index (χ0v) is 35.4. The van der Waals surface area contributed by atoms with Crippen LogP contribution in [0.15, 0.2) is 0 Å². The normalized spacial score (nSPS) is 20.5. The number of hydrogen-bond donors (Lipinski definition) is 7. The third kappa shape index (κ3) is 26.9. The van der Waals surface area contributed by atoms with E-state index in [9.17, 15) is 44.0 Å². The number of rotatable bonds is 24. The summed E-state index contributed by atoms with van der Waals surface area (Å²) in [6.45, 7) is 0.506. The van der Waals surface area contributed by atoms with Gasteiger partial charge < -0.3 is 44.6 Å². The molecule has 0 spiro atoms. The lowest BCUT2D eigenvalue weighted by atomic mass is 9.85. The van der Waals surface area contributed by atoms with Crippen molar-refractivity contribution in [2.75, 3.05) is 13.2 Å². The number of phosphoric acid groups is 2. The van der Waals surface area contributed by atoms with Crippen molar-refractivity contribution < 1.29 is 95.4 Å². The van der Waals surface area contributed by atoms with Crippen LogP contribution in [0.5, 0.6) is 0 Å². The van der Waals surface area contributed by atoms with Gasteiger partial charge in [0.15, 0.2) is 6.10 Å². The van der Waals surface area contributed by atoms with Crippen molar-refractivity contribution in [3.05, 3.63) is 0 Å². The van der Waals surface area contributed by atoms with Crippen LogP contribution in [0.4, 0.5) is 0 Å². The first-order valence-electron chi connectivity index (χ1n) is 18.6. The zero-order valence-electron chi connectivity index (χ0n) is 32.6. The van der Waals surface area contributed by atoms with Crippen LogP contribution in [0.3, 0.4) is 0 Å². The first-order chi connectivity index (χ1) is 27.6. The van der Waals surface area contributed by atoms with Gasteiger partial charge in [-0.3, -0.25) is 18.4 Å². The van der Waals surface area contributed by atoms with Crippen molar-refractivity contribution in [2.24, 2.45) is 0 Å². The highest BCUT2D eigenvalue weighted by Crippen LogP contribution is 2.49. The fourth-order valence-corrected chi connectivity index (χ4v) is 6.74. The van der Waals surface area contributed by atoms with E-state index in [4.69, 9.17) is 34.7 Å². The summed E-state index contributed by atoms with van der Waals surface area (Å²) in [6.07, 6.45) is 3.80. The van der Waals surface area contributed by atoms with Crippen LogP contribution in [0.2, 0.25) is 0 Å². The van der Waals surface area contributed by atoms with Crippen LogP contribution >= 0.6 is 29.1 Å². The summed E-state index contributed by atoms with van der Waals surface area (Å²) in [5.41, 5.74) is 0. The summed E-state index contributed by atoms with van der Waals surface area (Å²) in [5.74, 6) is 27.9. The van der Waals surface area contributed by atoms with Gasteiger partial charge in [0.2, 0.25) is 0 Å². The van der Waals surface area contributed by atoms with E-state index < -0.39 is 83.5 Å². The molecule has 1 aliphatic rings. The number of aliphatic hydroxyl groups excluding tert-OH is 4. The third-order valence-electron chi connectivity index (χ3n) is 8.03. The summed E-state index contributed by atoms with van der Waals surface area (Å²) in [6, 6.07) is 0. The Morgan fingerprint density at radius 1 is 0.627 bits per heavy atom. The van der Waals surface area contributed by atoms with E-state index in [-0.39, 0.29) is 38.5 Å². The smallest absolute Gasteiger partial charge is 0.456 e. The molecule has 19 heteroatoms. The van der Waals surface area contributed by atoms with Gasteiger partial charge in [-0.1, -0.05) is 84.0 Å². The predicted octanol–water partition coefficient (Wildman–Crippen LogP) is 5.32. The molecule has 0 radical (unpaired) electrons. The van der Waals surface area contributed by atoms with E-state index in [1.807, 2.05) is 5.92 Å². The van der Waals surface area contributed by atoms with Crippen molar-refractivity contribution in [3.8, 4) is 83.4 Å². The molecule has 1 fully saturated rings. The maximum absolute atomic E-state index is 12.9. The highest BCUT2D eigenvalue weighted by molar-refractivity contribution is 7.59. The summed E-state index contributed by atoms with van der Waals surface area (Å²) in [7, 11) is -10.8. The zero-order chi connectivity index (χ0) is 43.2. The molecule has 0 aliphatic heterocycles. The van der Waals surface area contributed by atoms with Crippen molar-refractivity contribution in [2.45, 2.75) is 140 Å². The largest absolute Gasteiger partial charge is 0.472 e. The molecule has 1 saturated carbocycles. The van der Waals surface area contributed by atoms with Gasteiger partial charge in [0, 0.05) is 30.9 Å². The van der Waals surface area contributed by atoms with E-state index in [2.05, 4.69) is 82.5 Å². The summed E-state index contributed by atoms with van der Waals surface area (Å²) >= 11 is 0. The Morgan fingerprint density at radius 2 is 1.07 bits per heavy atom. The topological polar surface area (TPSA) is 256 Å². The van der Waals surface area contributed by atoms with Crippen LogP contribution < -0.4 is 0 Å². The van der Waals surface area contributed by atoms with Crippen molar-refractivity contribution in [1.29, 1.82) is 0 Å². The second kappa shape index (κ2) is 32.1. The molecule has 16 nitrogen and oxygen atoms in total. The van der Waals surface area contributed by atoms with Crippen molar-refractivity contribution in [3.63, 3.8) is 0 Å². The Labute approximate surface area is 372 Å². The molecule has 0 aromatic heterocycles. The van der Waals surface area contributed by atoms with E-state index >= 15 is 0 Å². The van der Waals surface area contributed by atoms with Gasteiger partial charge in [0.05, 0.1) is 6.61 Å². The third-order valence-corrected chi connectivity index (χ3v) is 9.53. The maximum Gasteiger partial charge on any atom is 0.472 e. The molecule has 0 aromatic carbocycles. The molecule has 0 bridgehead atoms. The molecule has 8 atom stereocenters. The first-order valence-corrected chi connectivity index (χ1v) is 21.6. The molecular weight excluding hydrogens is 830 g/mol. The first kappa shape index (κ1) is 55.3. The number of carbonyl (C=O) groups is 2. The number of unbranched alkanes of at least 4 members (excludes halogenated alkanes) is 12. The average molecular weight is 909 g/mol. The van der Waals surface area contributed by atoms with Gasteiger partial charge >= 0.3 is 27.6 Å². The molecule has 4 unspecified atom stereocenters. The van der Waals surface area contributed by atoms with Gasteiger partial charge in [-0.15, -0.1) is 6.42 Å². The van der Waals surface area contributed by atoms with E-state index in [1.165, 1.54) is 44.9 Å². The van der Waals surface area contributed by atoms with Crippen LogP contribution in [0, 0.1) is 83.4 Å². The molecule has 1 aliphatic carbocycles. The quantitative estimate of drug-likeness (QED) is 0.0213. The number of carbonyl (C=O) groups excluding carboxylic acids is 2. The minimum absolute atomic E-state index is 0. The van der Waals surface area contributed by atoms with Crippen LogP contribution in [-0.2, 0) is 41.8 Å². The number of esters is 2. The van der Waals surface area contributed by atoms with E-state index in [1.54, 1.807) is 0 Å². The molecule has 59 heavy (non-hydrogen) atoms. The molecule has 0 heterocycles. The van der Waals surface area contributed by atoms with E-state index in [0.29, 0.717) is 6.42 Å². The maximum atomic E-state index is 12.9. The monoisotopic (exact) mass is 908 g/mol. The average Bonchev–Trinajstić information content (AvgIpc) is 3.17. The molecule has 350 valence electrons. The van der Waals surface area contributed by atoms with E-state index in [0.717, 1.165) is 32.1 Å². The molecule has 1 rings (SSSR count). The predicted molar refractivity (Wildman–Crippen MR) is 246 cm³/mol. The molecular formula is C40H78O16P2S. The van der Waals surface area contributed by atoms with Crippen LogP contribution in [0.1, 0.15) is 115 Å². The summed E-state index contributed by atoms with van der Waals surface area (Å²) in [4.78, 5) is 53.5. The Balaban J connectivity index is -0.000000200. The van der Waals surface area contributed by atoms with Gasteiger partial charge in [0.1, 0.15) is 43.2 Å². The number of ether oxygens (including phenoxy) is 2. The molecule has 0 aromatic rings. The fourth-order valence-electron chi connectivity index (χ4n) is 5.20. The summed E-state index contributed by atoms with van der Waals surface area (Å²) in [5, 5.41) is 40.9. The minimum atomic E-state index is -5.39. The Hall–Kier alpha value is -3.73. The molecule has 0 amide bonds. The van der Waals surface area contributed by atoms with Gasteiger partial charge in [-0.05, 0) is 77.5 Å². The Morgan fingerprint density at radius 3 is 1.54 bits per heavy atom. The second-order valence-corrected chi connectivity index (χ2v) is 15.3. The molecule has 7 N–H and O–H groups in total. The standard InChI is InChI=1S/C40H50O16P2.H2S.13H2/c1-3-5-7-9-11-13-15-17-19-21-23-25-27-29-34(42)54-32(30-52-33(41)28-26-24-22-20-18-16-14-12-10-8-6-4-2)31-53-58(50,51)56-40-37(45)35(43)36(44)39(38(40)46)55-57(47,48)49;;;;;;;;;;;;;;/h2,32,35-40,43-46H,3,5,7,9,11,13,15,17,19,21,23,25,27,29-31H2,1H3,(H,50,51)(H2,47,48,49);1H2;13*1H/t32-,35-,36+,37?,38+,39?,40?;;;;;;;;;;;;;;/m1............../s1. The Bertz CT molecular complexity index is 1890. The SMILES string of the molecule is C#CC#CC#CC#CC#CC#CC#CC(=O)OC[C@H](COP(=O)(O)OC1C(O)[C@H](O)[C@H](O)C(OP(=O)(O)O)[C@@H]1O)OC(=O)CCCCCCCCCCCCCCC.S.[HH].[HH].[HH].[HH].[HH].[HH].[HH].[HH].[HH].[HH].[HH].[HH].[HH]. The van der Waals surface area contributed by atoms with Crippen molar-refractivity contribution >= 4 is 41.1 Å². The Kier molecular flexibility index (Phi) is 30.1. The van der Waals surface area contributed by atoms with Gasteiger partial charge in [-0.25, -0.2) is 13.9 Å². The number of aliphatic hydroxyl groups is 4. The van der Waals surface area contributed by atoms with Gasteiger partial charge in [-0.2, -0.15) is 13.5 Å².